The lowest BCUT2D eigenvalue weighted by Gasteiger charge is -2.19. The Morgan fingerprint density at radius 2 is 2.00 bits per heavy atom. The van der Waals surface area contributed by atoms with Gasteiger partial charge in [0, 0.05) is 12.4 Å². The molecule has 6 heteroatoms. The van der Waals surface area contributed by atoms with Gasteiger partial charge in [-0.05, 0) is 30.9 Å². The standard InChI is InChI=1S/C14H14Cl2FNO2/c1-8(4-6-15)5-7-18-12-10(17)3-2-9(16)11(12)13(19)14(18)20/h2-3,8H,4-7H2,1H3. The number of hydrogen-bond donors (Lipinski definition) is 0. The van der Waals surface area contributed by atoms with Gasteiger partial charge >= 0.3 is 0 Å². The summed E-state index contributed by atoms with van der Waals surface area (Å²) >= 11 is 11.6. The summed E-state index contributed by atoms with van der Waals surface area (Å²) in [5.41, 5.74) is -0.0211. The highest BCUT2D eigenvalue weighted by molar-refractivity contribution is 6.55. The Labute approximate surface area is 126 Å². The molecule has 1 aliphatic heterocycles. The van der Waals surface area contributed by atoms with Crippen LogP contribution in [0.2, 0.25) is 5.02 Å². The molecule has 0 N–H and O–H groups in total. The summed E-state index contributed by atoms with van der Waals surface area (Å²) in [6.07, 6.45) is 1.46. The fourth-order valence-corrected chi connectivity index (χ4v) is 2.86. The van der Waals surface area contributed by atoms with Gasteiger partial charge in [-0.15, -0.1) is 11.6 Å². The number of hydrogen-bond acceptors (Lipinski definition) is 2. The van der Waals surface area contributed by atoms with Crippen molar-refractivity contribution in [2.45, 2.75) is 19.8 Å². The number of benzene rings is 1. The molecule has 1 atom stereocenters. The molecular formula is C14H14Cl2FNO2. The smallest absolute Gasteiger partial charge is 0.299 e. The van der Waals surface area contributed by atoms with E-state index in [1.807, 2.05) is 6.92 Å². The maximum Gasteiger partial charge on any atom is 0.299 e. The molecule has 0 aromatic heterocycles. The minimum Gasteiger partial charge on any atom is -0.302 e. The number of Topliss-reactive ketones (excluding diaryl/α,β-unsaturated/α-hetero) is 1. The molecule has 1 amide bonds. The van der Waals surface area contributed by atoms with Gasteiger partial charge < -0.3 is 4.90 Å². The quantitative estimate of drug-likeness (QED) is 0.614. The first-order valence-electron chi connectivity index (χ1n) is 6.37. The van der Waals surface area contributed by atoms with E-state index in [-0.39, 0.29) is 22.8 Å². The molecule has 0 fully saturated rings. The SMILES string of the molecule is CC(CCCl)CCN1C(=O)C(=O)c2c(Cl)ccc(F)c21. The molecule has 1 unspecified atom stereocenters. The highest BCUT2D eigenvalue weighted by atomic mass is 35.5. The van der Waals surface area contributed by atoms with Crippen molar-refractivity contribution in [3.8, 4) is 0 Å². The molecule has 3 nitrogen and oxygen atoms in total. The van der Waals surface area contributed by atoms with Gasteiger partial charge in [-0.3, -0.25) is 9.59 Å². The average molecular weight is 318 g/mol. The van der Waals surface area contributed by atoms with Crippen LogP contribution in [0.5, 0.6) is 0 Å². The van der Waals surface area contributed by atoms with E-state index in [1.54, 1.807) is 0 Å². The Balaban J connectivity index is 2.27. The van der Waals surface area contributed by atoms with Crippen molar-refractivity contribution in [3.63, 3.8) is 0 Å². The van der Waals surface area contributed by atoms with E-state index in [2.05, 4.69) is 0 Å². The van der Waals surface area contributed by atoms with Gasteiger partial charge in [0.05, 0.1) is 16.3 Å². The summed E-state index contributed by atoms with van der Waals surface area (Å²) < 4.78 is 13.9. The van der Waals surface area contributed by atoms with Crippen molar-refractivity contribution in [1.29, 1.82) is 0 Å². The zero-order chi connectivity index (χ0) is 14.9. The number of carbonyl (C=O) groups is 2. The lowest BCUT2D eigenvalue weighted by atomic mass is 10.0. The van der Waals surface area contributed by atoms with Crippen LogP contribution in [-0.4, -0.2) is 24.1 Å². The summed E-state index contributed by atoms with van der Waals surface area (Å²) in [4.78, 5) is 25.0. The number of halogens is 3. The van der Waals surface area contributed by atoms with E-state index in [9.17, 15) is 14.0 Å². The summed E-state index contributed by atoms with van der Waals surface area (Å²) in [5.74, 6) is -1.24. The first kappa shape index (κ1) is 15.3. The lowest BCUT2D eigenvalue weighted by Crippen LogP contribution is -2.32. The minimum atomic E-state index is -0.741. The van der Waals surface area contributed by atoms with Crippen LogP contribution in [0.15, 0.2) is 12.1 Å². The zero-order valence-corrected chi connectivity index (χ0v) is 12.5. The predicted molar refractivity (Wildman–Crippen MR) is 77.2 cm³/mol. The van der Waals surface area contributed by atoms with Gasteiger partial charge in [0.15, 0.2) is 0 Å². The lowest BCUT2D eigenvalue weighted by molar-refractivity contribution is -0.114. The number of carbonyl (C=O) groups excluding carboxylic acids is 2. The molecule has 108 valence electrons. The Kier molecular flexibility index (Phi) is 4.66. The average Bonchev–Trinajstić information content (AvgIpc) is 2.66. The molecule has 1 heterocycles. The number of nitrogens with zero attached hydrogens (tertiary/aromatic N) is 1. The Morgan fingerprint density at radius 3 is 2.65 bits per heavy atom. The van der Waals surface area contributed by atoms with E-state index in [4.69, 9.17) is 23.2 Å². The Hall–Kier alpha value is -1.13. The molecule has 1 aromatic carbocycles. The van der Waals surface area contributed by atoms with E-state index in [0.29, 0.717) is 18.2 Å². The molecule has 0 radical (unpaired) electrons. The third kappa shape index (κ3) is 2.67. The summed E-state index contributed by atoms with van der Waals surface area (Å²) in [6, 6.07) is 2.46. The van der Waals surface area contributed by atoms with Gasteiger partial charge in [0.25, 0.3) is 11.7 Å². The monoisotopic (exact) mass is 317 g/mol. The number of rotatable bonds is 5. The van der Waals surface area contributed by atoms with Crippen LogP contribution < -0.4 is 4.90 Å². The van der Waals surface area contributed by atoms with Crippen molar-refractivity contribution in [2.24, 2.45) is 5.92 Å². The number of anilines is 1. The molecule has 2 rings (SSSR count). The topological polar surface area (TPSA) is 37.4 Å². The van der Waals surface area contributed by atoms with Crippen LogP contribution in [0, 0.1) is 11.7 Å². The second-order valence-corrected chi connectivity index (χ2v) is 5.70. The first-order chi connectivity index (χ1) is 9.47. The normalized spacial score (nSPS) is 15.7. The molecule has 0 saturated heterocycles. The maximum absolute atomic E-state index is 13.9. The van der Waals surface area contributed by atoms with Gasteiger partial charge in [0.2, 0.25) is 0 Å². The van der Waals surface area contributed by atoms with E-state index >= 15 is 0 Å². The van der Waals surface area contributed by atoms with Crippen LogP contribution >= 0.6 is 23.2 Å². The Morgan fingerprint density at radius 1 is 1.30 bits per heavy atom. The first-order valence-corrected chi connectivity index (χ1v) is 7.28. The minimum absolute atomic E-state index is 0.00516. The van der Waals surface area contributed by atoms with Gasteiger partial charge in [-0.25, -0.2) is 4.39 Å². The summed E-state index contributed by atoms with van der Waals surface area (Å²) in [5, 5.41) is 0.107. The number of amides is 1. The molecular weight excluding hydrogens is 304 g/mol. The van der Waals surface area contributed by atoms with Gasteiger partial charge in [0.1, 0.15) is 5.82 Å². The molecule has 0 bridgehead atoms. The third-order valence-corrected chi connectivity index (χ3v) is 3.99. The molecule has 1 aromatic rings. The second-order valence-electron chi connectivity index (χ2n) is 4.91. The van der Waals surface area contributed by atoms with Crippen LogP contribution in [0.1, 0.15) is 30.1 Å². The molecule has 1 aliphatic rings. The summed E-state index contributed by atoms with van der Waals surface area (Å²) in [7, 11) is 0. The number of alkyl halides is 1. The zero-order valence-electron chi connectivity index (χ0n) is 11.0. The van der Waals surface area contributed by atoms with Crippen molar-refractivity contribution in [3.05, 3.63) is 28.5 Å². The van der Waals surface area contributed by atoms with Crippen LogP contribution in [0.4, 0.5) is 10.1 Å². The number of fused-ring (bicyclic) bond motifs is 1. The van der Waals surface area contributed by atoms with E-state index in [0.717, 1.165) is 6.42 Å². The largest absolute Gasteiger partial charge is 0.302 e. The van der Waals surface area contributed by atoms with Crippen molar-refractivity contribution in [1.82, 2.24) is 0 Å². The fourth-order valence-electron chi connectivity index (χ4n) is 2.25. The molecule has 0 saturated carbocycles. The van der Waals surface area contributed by atoms with Crippen LogP contribution in [0.3, 0.4) is 0 Å². The van der Waals surface area contributed by atoms with Crippen LogP contribution in [-0.2, 0) is 4.79 Å². The van der Waals surface area contributed by atoms with Crippen molar-refractivity contribution >= 4 is 40.6 Å². The maximum atomic E-state index is 13.9. The predicted octanol–water partition coefficient (Wildman–Crippen LogP) is 3.66. The van der Waals surface area contributed by atoms with Crippen molar-refractivity contribution in [2.75, 3.05) is 17.3 Å². The molecule has 20 heavy (non-hydrogen) atoms. The number of ketones is 1. The Bertz CT molecular complexity index is 562. The highest BCUT2D eigenvalue weighted by Crippen LogP contribution is 2.36. The molecule has 0 aliphatic carbocycles. The van der Waals surface area contributed by atoms with E-state index < -0.39 is 17.5 Å². The van der Waals surface area contributed by atoms with Gasteiger partial charge in [-0.2, -0.15) is 0 Å². The van der Waals surface area contributed by atoms with Crippen LogP contribution in [0.25, 0.3) is 0 Å². The third-order valence-electron chi connectivity index (χ3n) is 3.46. The fraction of sp³-hybridized carbons (Fsp3) is 0.429. The molecule has 0 spiro atoms. The van der Waals surface area contributed by atoms with Crippen molar-refractivity contribution < 1.29 is 14.0 Å². The van der Waals surface area contributed by atoms with Gasteiger partial charge in [-0.1, -0.05) is 18.5 Å². The second kappa shape index (κ2) is 6.10. The highest BCUT2D eigenvalue weighted by Gasteiger charge is 2.39. The van der Waals surface area contributed by atoms with E-state index in [1.165, 1.54) is 17.0 Å². The summed E-state index contributed by atoms with van der Waals surface area (Å²) in [6.45, 7) is 2.28.